The number of phosphoric ester groups is 1. The zero-order valence-electron chi connectivity index (χ0n) is 23.6. The molecule has 0 aromatic rings. The van der Waals surface area contributed by atoms with Crippen molar-refractivity contribution >= 4 is 25.7 Å². The van der Waals surface area contributed by atoms with Crippen LogP contribution in [0.25, 0.3) is 0 Å². The molecule has 11 heteroatoms. The average Bonchev–Trinajstić information content (AvgIpc) is 2.85. The quantitative estimate of drug-likeness (QED) is 0.0679. The van der Waals surface area contributed by atoms with E-state index in [9.17, 15) is 18.9 Å². The van der Waals surface area contributed by atoms with E-state index in [4.69, 9.17) is 19.3 Å². The van der Waals surface area contributed by atoms with Crippen LogP contribution < -0.4 is 5.32 Å². The van der Waals surface area contributed by atoms with Crippen molar-refractivity contribution in [3.05, 3.63) is 0 Å². The van der Waals surface area contributed by atoms with Crippen LogP contribution in [0, 0.1) is 0 Å². The number of carbonyl (C=O) groups excluding carboxylic acids is 3. The first kappa shape index (κ1) is 36.5. The van der Waals surface area contributed by atoms with Gasteiger partial charge in [-0.3, -0.25) is 18.9 Å². The normalized spacial score (nSPS) is 12.2. The van der Waals surface area contributed by atoms with Crippen LogP contribution in [0.2, 0.25) is 0 Å². The Bertz CT molecular complexity index is 669. The third-order valence-corrected chi connectivity index (χ3v) is 6.56. The second kappa shape index (κ2) is 24.6. The van der Waals surface area contributed by atoms with Crippen LogP contribution in [0.4, 0.5) is 0 Å². The SMILES string of the molecule is CCCCCCCCCC(=O)O[C@@H](COC(=O)CCCCCCCCCCCNC(C)=O)COP(=O)(O)O. The van der Waals surface area contributed by atoms with Gasteiger partial charge in [-0.1, -0.05) is 90.4 Å². The number of esters is 2. The first-order valence-corrected chi connectivity index (χ1v) is 16.0. The van der Waals surface area contributed by atoms with Crippen LogP contribution in [0.15, 0.2) is 0 Å². The number of unbranched alkanes of at least 4 members (excludes halogenated alkanes) is 14. The number of hydrogen-bond acceptors (Lipinski definition) is 7. The first-order valence-electron chi connectivity index (χ1n) is 14.4. The first-order chi connectivity index (χ1) is 18.1. The van der Waals surface area contributed by atoms with Gasteiger partial charge in [0.05, 0.1) is 6.61 Å². The van der Waals surface area contributed by atoms with Gasteiger partial charge < -0.3 is 24.6 Å². The van der Waals surface area contributed by atoms with E-state index in [1.54, 1.807) is 0 Å². The van der Waals surface area contributed by atoms with E-state index in [1.807, 2.05) is 0 Å². The molecule has 0 aliphatic rings. The Labute approximate surface area is 229 Å². The highest BCUT2D eigenvalue weighted by atomic mass is 31.2. The molecule has 0 heterocycles. The van der Waals surface area contributed by atoms with Gasteiger partial charge in [0.2, 0.25) is 5.91 Å². The van der Waals surface area contributed by atoms with Crippen molar-refractivity contribution in [1.82, 2.24) is 5.32 Å². The zero-order chi connectivity index (χ0) is 28.5. The van der Waals surface area contributed by atoms with Crippen molar-refractivity contribution in [2.75, 3.05) is 19.8 Å². The second-order valence-electron chi connectivity index (χ2n) is 9.87. The maximum absolute atomic E-state index is 12.1. The lowest BCUT2D eigenvalue weighted by Crippen LogP contribution is -2.29. The average molecular weight is 566 g/mol. The summed E-state index contributed by atoms with van der Waals surface area (Å²) in [4.78, 5) is 52.9. The summed E-state index contributed by atoms with van der Waals surface area (Å²) in [6, 6.07) is 0. The molecule has 0 saturated carbocycles. The van der Waals surface area contributed by atoms with E-state index in [2.05, 4.69) is 16.8 Å². The van der Waals surface area contributed by atoms with Crippen molar-refractivity contribution in [1.29, 1.82) is 0 Å². The molecule has 0 spiro atoms. The molecule has 0 saturated heterocycles. The van der Waals surface area contributed by atoms with Crippen molar-refractivity contribution < 1.29 is 42.7 Å². The van der Waals surface area contributed by atoms with Gasteiger partial charge in [-0.05, 0) is 19.3 Å². The van der Waals surface area contributed by atoms with E-state index in [0.717, 1.165) is 77.2 Å². The second-order valence-corrected chi connectivity index (χ2v) is 11.1. The fourth-order valence-electron chi connectivity index (χ4n) is 3.92. The Hall–Kier alpha value is -1.48. The molecule has 0 aromatic carbocycles. The Morgan fingerprint density at radius 2 is 1.18 bits per heavy atom. The lowest BCUT2D eigenvalue weighted by Gasteiger charge is -2.18. The molecule has 1 amide bonds. The van der Waals surface area contributed by atoms with Crippen molar-refractivity contribution in [3.8, 4) is 0 Å². The predicted molar refractivity (Wildman–Crippen MR) is 146 cm³/mol. The molecule has 3 N–H and O–H groups in total. The zero-order valence-corrected chi connectivity index (χ0v) is 24.5. The minimum absolute atomic E-state index is 0.0140. The number of rotatable bonds is 26. The largest absolute Gasteiger partial charge is 0.469 e. The van der Waals surface area contributed by atoms with Gasteiger partial charge in [-0.25, -0.2) is 4.57 Å². The van der Waals surface area contributed by atoms with Crippen molar-refractivity contribution in [2.24, 2.45) is 0 Å². The number of ether oxygens (including phenoxy) is 2. The summed E-state index contributed by atoms with van der Waals surface area (Å²) in [6.07, 6.45) is 16.1. The molecule has 10 nitrogen and oxygen atoms in total. The van der Waals surface area contributed by atoms with E-state index >= 15 is 0 Å². The van der Waals surface area contributed by atoms with Crippen molar-refractivity contribution in [3.63, 3.8) is 0 Å². The van der Waals surface area contributed by atoms with Gasteiger partial charge in [-0.2, -0.15) is 0 Å². The summed E-state index contributed by atoms with van der Waals surface area (Å²) < 4.78 is 25.9. The molecule has 0 aliphatic carbocycles. The summed E-state index contributed by atoms with van der Waals surface area (Å²) in [7, 11) is -4.74. The predicted octanol–water partition coefficient (Wildman–Crippen LogP) is 5.73. The van der Waals surface area contributed by atoms with Gasteiger partial charge in [0.25, 0.3) is 0 Å². The van der Waals surface area contributed by atoms with E-state index in [0.29, 0.717) is 12.8 Å². The van der Waals surface area contributed by atoms with Gasteiger partial charge in [0.1, 0.15) is 6.61 Å². The third kappa shape index (κ3) is 27.6. The standard InChI is InChI=1S/C27H52NO9P/c1-3-4-5-6-10-14-17-20-27(31)37-25(23-36-38(32,33)34)22-35-26(30)19-16-13-11-8-7-9-12-15-18-21-28-24(2)29/h25H,3-23H2,1-2H3,(H,28,29)(H2,32,33,34)/t25-/m0/s1. The summed E-state index contributed by atoms with van der Waals surface area (Å²) >= 11 is 0. The molecule has 0 radical (unpaired) electrons. The lowest BCUT2D eigenvalue weighted by molar-refractivity contribution is -0.161. The van der Waals surface area contributed by atoms with Gasteiger partial charge in [0.15, 0.2) is 6.10 Å². The van der Waals surface area contributed by atoms with E-state index in [1.165, 1.54) is 26.2 Å². The smallest absolute Gasteiger partial charge is 0.462 e. The Morgan fingerprint density at radius 3 is 1.68 bits per heavy atom. The molecular formula is C27H52NO9P. The minimum Gasteiger partial charge on any atom is -0.462 e. The number of amides is 1. The number of hydrogen-bond donors (Lipinski definition) is 3. The van der Waals surface area contributed by atoms with Crippen LogP contribution in [0.5, 0.6) is 0 Å². The highest BCUT2D eigenvalue weighted by Crippen LogP contribution is 2.35. The van der Waals surface area contributed by atoms with Gasteiger partial charge in [-0.15, -0.1) is 0 Å². The number of carbonyl (C=O) groups is 3. The van der Waals surface area contributed by atoms with E-state index < -0.39 is 32.5 Å². The van der Waals surface area contributed by atoms with Crippen LogP contribution in [-0.2, 0) is 32.9 Å². The lowest BCUT2D eigenvalue weighted by atomic mass is 10.1. The Kier molecular flexibility index (Phi) is 23.6. The highest BCUT2D eigenvalue weighted by molar-refractivity contribution is 7.46. The van der Waals surface area contributed by atoms with Crippen LogP contribution in [0.1, 0.15) is 129 Å². The van der Waals surface area contributed by atoms with E-state index in [-0.39, 0.29) is 25.4 Å². The summed E-state index contributed by atoms with van der Waals surface area (Å²) in [5, 5.41) is 2.79. The molecule has 0 aromatic heterocycles. The molecule has 0 aliphatic heterocycles. The van der Waals surface area contributed by atoms with Crippen molar-refractivity contribution in [2.45, 2.75) is 136 Å². The van der Waals surface area contributed by atoms with Crippen LogP contribution in [0.3, 0.4) is 0 Å². The molecule has 224 valence electrons. The van der Waals surface area contributed by atoms with Gasteiger partial charge in [0, 0.05) is 26.3 Å². The van der Waals surface area contributed by atoms with Crippen LogP contribution in [-0.4, -0.2) is 53.5 Å². The van der Waals surface area contributed by atoms with Crippen LogP contribution >= 0.6 is 7.82 Å². The Balaban J connectivity index is 4.00. The topological polar surface area (TPSA) is 148 Å². The Morgan fingerprint density at radius 1 is 0.711 bits per heavy atom. The summed E-state index contributed by atoms with van der Waals surface area (Å²) in [6.45, 7) is 3.57. The molecule has 1 atom stereocenters. The highest BCUT2D eigenvalue weighted by Gasteiger charge is 2.22. The maximum Gasteiger partial charge on any atom is 0.469 e. The maximum atomic E-state index is 12.1. The fourth-order valence-corrected chi connectivity index (χ4v) is 4.28. The summed E-state index contributed by atoms with van der Waals surface area (Å²) in [5.41, 5.74) is 0. The molecule has 38 heavy (non-hydrogen) atoms. The number of phosphoric acid groups is 1. The fraction of sp³-hybridized carbons (Fsp3) is 0.889. The van der Waals surface area contributed by atoms with Gasteiger partial charge >= 0.3 is 19.8 Å². The molecular weight excluding hydrogens is 513 g/mol. The number of nitrogens with one attached hydrogen (secondary N) is 1. The third-order valence-electron chi connectivity index (χ3n) is 6.07. The monoisotopic (exact) mass is 565 g/mol. The molecule has 0 unspecified atom stereocenters. The summed E-state index contributed by atoms with van der Waals surface area (Å²) in [5.74, 6) is -0.921. The minimum atomic E-state index is -4.74. The molecule has 0 bridgehead atoms. The molecule has 0 fully saturated rings. The molecule has 0 rings (SSSR count).